The Morgan fingerprint density at radius 2 is 1.86 bits per heavy atom. The third-order valence-corrected chi connectivity index (χ3v) is 5.33. The molecule has 5 aromatic rings. The van der Waals surface area contributed by atoms with Gasteiger partial charge in [-0.15, -0.1) is 26.3 Å². The lowest BCUT2D eigenvalue weighted by atomic mass is 10.1. The van der Waals surface area contributed by atoms with Gasteiger partial charge in [0.25, 0.3) is 0 Å². The van der Waals surface area contributed by atoms with Gasteiger partial charge in [-0.1, -0.05) is 35.9 Å². The molecule has 5 rings (SSSR count). The summed E-state index contributed by atoms with van der Waals surface area (Å²) in [5.74, 6) is 0.460. The van der Waals surface area contributed by atoms with Crippen molar-refractivity contribution in [2.24, 2.45) is 0 Å². The molecule has 0 fully saturated rings. The third kappa shape index (κ3) is 2.92. The number of tetrazole rings is 1. The van der Waals surface area contributed by atoms with Gasteiger partial charge in [-0.2, -0.15) is 0 Å². The summed E-state index contributed by atoms with van der Waals surface area (Å²) in [6.07, 6.45) is 1.46. The summed E-state index contributed by atoms with van der Waals surface area (Å²) < 4.78 is 13.5. The Balaban J connectivity index is 1.66. The van der Waals surface area contributed by atoms with Gasteiger partial charge in [-0.3, -0.25) is 0 Å². The van der Waals surface area contributed by atoms with Crippen molar-refractivity contribution in [1.29, 1.82) is 0 Å². The summed E-state index contributed by atoms with van der Waals surface area (Å²) in [4.78, 5) is 10.9. The average Bonchev–Trinajstić information content (AvgIpc) is 3.36. The van der Waals surface area contributed by atoms with Gasteiger partial charge in [0, 0.05) is 21.5 Å². The molecular formula is C19H10ClFN6S. The average molecular weight is 409 g/mol. The normalized spacial score (nSPS) is 11.2. The fraction of sp³-hybridized carbons (Fsp3) is 0. The van der Waals surface area contributed by atoms with Crippen molar-refractivity contribution in [1.82, 2.24) is 30.2 Å². The second-order valence-corrected chi connectivity index (χ2v) is 7.24. The molecule has 0 saturated carbocycles. The second-order valence-electron chi connectivity index (χ2n) is 5.95. The molecule has 0 amide bonds. The number of thiophene rings is 1. The van der Waals surface area contributed by atoms with Crippen LogP contribution in [0, 0.1) is 5.82 Å². The Morgan fingerprint density at radius 1 is 1.00 bits per heavy atom. The monoisotopic (exact) mass is 408 g/mol. The molecule has 0 spiro atoms. The number of aromatic nitrogens is 6. The minimum absolute atomic E-state index is 0.314. The lowest BCUT2D eigenvalue weighted by Gasteiger charge is -2.04. The zero-order chi connectivity index (χ0) is 19.1. The number of rotatable bonds is 3. The first kappa shape index (κ1) is 16.9. The number of hydrogen-bond acceptors (Lipinski definition) is 6. The third-order valence-electron chi connectivity index (χ3n) is 4.19. The molecule has 0 N–H and O–H groups in total. The minimum atomic E-state index is -0.360. The Hall–Kier alpha value is -3.23. The molecule has 6 nitrogen and oxygen atoms in total. The molecule has 0 aliphatic rings. The fourth-order valence-corrected chi connectivity index (χ4v) is 3.94. The maximum Gasteiger partial charge on any atom is 0.205 e. The first-order valence-corrected chi connectivity index (χ1v) is 9.49. The van der Waals surface area contributed by atoms with E-state index >= 15 is 0 Å². The first-order chi connectivity index (χ1) is 13.7. The van der Waals surface area contributed by atoms with E-state index in [1.165, 1.54) is 34.6 Å². The predicted octanol–water partition coefficient (Wildman–Crippen LogP) is 4.79. The Labute approximate surface area is 167 Å². The largest absolute Gasteiger partial charge is 0.225 e. The van der Waals surface area contributed by atoms with Gasteiger partial charge in [-0.25, -0.2) is 14.4 Å². The molecular weight excluding hydrogens is 399 g/mol. The van der Waals surface area contributed by atoms with Gasteiger partial charge in [-0.05, 0) is 35.0 Å². The van der Waals surface area contributed by atoms with Crippen molar-refractivity contribution in [3.05, 3.63) is 71.1 Å². The van der Waals surface area contributed by atoms with Gasteiger partial charge >= 0.3 is 0 Å². The number of hydrogen-bond donors (Lipinski definition) is 0. The van der Waals surface area contributed by atoms with E-state index in [-0.39, 0.29) is 5.82 Å². The zero-order valence-electron chi connectivity index (χ0n) is 14.1. The highest BCUT2D eigenvalue weighted by molar-refractivity contribution is 7.17. The van der Waals surface area contributed by atoms with Gasteiger partial charge in [0.05, 0.1) is 5.39 Å². The summed E-state index contributed by atoms with van der Waals surface area (Å²) >= 11 is 7.51. The van der Waals surface area contributed by atoms with Crippen molar-refractivity contribution in [2.75, 3.05) is 0 Å². The zero-order valence-corrected chi connectivity index (χ0v) is 15.7. The van der Waals surface area contributed by atoms with E-state index in [1.807, 2.05) is 29.6 Å². The van der Waals surface area contributed by atoms with E-state index in [9.17, 15) is 4.39 Å². The number of benzene rings is 2. The molecule has 2 aromatic carbocycles. The lowest BCUT2D eigenvalue weighted by Crippen LogP contribution is -2.03. The fourth-order valence-electron chi connectivity index (χ4n) is 2.90. The molecule has 28 heavy (non-hydrogen) atoms. The summed E-state index contributed by atoms with van der Waals surface area (Å²) in [7, 11) is 0. The second kappa shape index (κ2) is 6.74. The number of halogens is 2. The van der Waals surface area contributed by atoms with Crippen LogP contribution in [0.15, 0.2) is 60.2 Å². The molecule has 136 valence electrons. The van der Waals surface area contributed by atoms with E-state index in [0.717, 1.165) is 21.3 Å². The highest BCUT2D eigenvalue weighted by Gasteiger charge is 2.17. The van der Waals surface area contributed by atoms with Gasteiger partial charge in [0.15, 0.2) is 5.82 Å². The Morgan fingerprint density at radius 3 is 2.68 bits per heavy atom. The molecule has 0 bridgehead atoms. The maximum atomic E-state index is 13.5. The standard InChI is InChI=1S/C19H10ClFN6S/c20-13-6-4-11(5-7-13)15-9-28-19-16(15)18(22-10-23-19)27-25-17(24-26-27)12-2-1-3-14(21)8-12/h1-10H. The van der Waals surface area contributed by atoms with E-state index in [1.54, 1.807) is 12.1 Å². The van der Waals surface area contributed by atoms with E-state index in [4.69, 9.17) is 11.6 Å². The molecule has 9 heteroatoms. The van der Waals surface area contributed by atoms with Crippen LogP contribution < -0.4 is 0 Å². The molecule has 0 aliphatic heterocycles. The van der Waals surface area contributed by atoms with Crippen LogP contribution >= 0.6 is 22.9 Å². The van der Waals surface area contributed by atoms with Gasteiger partial charge in [0.1, 0.15) is 17.0 Å². The van der Waals surface area contributed by atoms with Crippen molar-refractivity contribution < 1.29 is 4.39 Å². The molecule has 0 atom stereocenters. The maximum absolute atomic E-state index is 13.5. The molecule has 3 aromatic heterocycles. The summed E-state index contributed by atoms with van der Waals surface area (Å²) in [6, 6.07) is 13.6. The topological polar surface area (TPSA) is 69.4 Å². The van der Waals surface area contributed by atoms with Crippen molar-refractivity contribution in [3.8, 4) is 28.3 Å². The molecule has 0 unspecified atom stereocenters. The molecule has 0 saturated heterocycles. The van der Waals surface area contributed by atoms with Crippen molar-refractivity contribution >= 4 is 33.2 Å². The van der Waals surface area contributed by atoms with Crippen LogP contribution in [0.3, 0.4) is 0 Å². The first-order valence-electron chi connectivity index (χ1n) is 8.23. The highest BCUT2D eigenvalue weighted by Crippen LogP contribution is 2.35. The summed E-state index contributed by atoms with van der Waals surface area (Å²) in [5.41, 5.74) is 2.48. The number of fused-ring (bicyclic) bond motifs is 1. The summed E-state index contributed by atoms with van der Waals surface area (Å²) in [5, 5.41) is 16.1. The van der Waals surface area contributed by atoms with Crippen LogP contribution in [0.1, 0.15) is 0 Å². The quantitative estimate of drug-likeness (QED) is 0.429. The van der Waals surface area contributed by atoms with Gasteiger partial charge in [0.2, 0.25) is 5.82 Å². The highest BCUT2D eigenvalue weighted by atomic mass is 35.5. The van der Waals surface area contributed by atoms with E-state index < -0.39 is 0 Å². The lowest BCUT2D eigenvalue weighted by molar-refractivity contribution is 0.628. The molecule has 3 heterocycles. The minimum Gasteiger partial charge on any atom is -0.225 e. The summed E-state index contributed by atoms with van der Waals surface area (Å²) in [6.45, 7) is 0. The van der Waals surface area contributed by atoms with Crippen LogP contribution in [-0.4, -0.2) is 30.2 Å². The Kier molecular flexibility index (Phi) is 4.07. The molecule has 0 radical (unpaired) electrons. The predicted molar refractivity (Wildman–Crippen MR) is 106 cm³/mol. The van der Waals surface area contributed by atoms with Crippen LogP contribution in [-0.2, 0) is 0 Å². The SMILES string of the molecule is Fc1cccc(-c2nnn(-c3ncnc4scc(-c5ccc(Cl)cc5)c34)n2)c1. The van der Waals surface area contributed by atoms with Gasteiger partial charge < -0.3 is 0 Å². The van der Waals surface area contributed by atoms with Crippen LogP contribution in [0.5, 0.6) is 0 Å². The number of nitrogens with zero attached hydrogens (tertiary/aromatic N) is 6. The van der Waals surface area contributed by atoms with E-state index in [0.29, 0.717) is 22.2 Å². The smallest absolute Gasteiger partial charge is 0.205 e. The van der Waals surface area contributed by atoms with Crippen LogP contribution in [0.4, 0.5) is 4.39 Å². The van der Waals surface area contributed by atoms with Crippen LogP contribution in [0.25, 0.3) is 38.5 Å². The molecule has 0 aliphatic carbocycles. The van der Waals surface area contributed by atoms with Crippen molar-refractivity contribution in [3.63, 3.8) is 0 Å². The Bertz CT molecular complexity index is 1300. The van der Waals surface area contributed by atoms with Crippen LogP contribution in [0.2, 0.25) is 5.02 Å². The van der Waals surface area contributed by atoms with E-state index in [2.05, 4.69) is 25.4 Å². The van der Waals surface area contributed by atoms with Crippen molar-refractivity contribution in [2.45, 2.75) is 0 Å².